The minimum absolute atomic E-state index is 0. The van der Waals surface area contributed by atoms with E-state index in [-0.39, 0.29) is 35.4 Å². The fourth-order valence-corrected chi connectivity index (χ4v) is 14.0. The number of amides is 3. The molecular formula is C52H49IN3O7PS. The summed E-state index contributed by atoms with van der Waals surface area (Å²) in [6, 6.07) is 53.6. The van der Waals surface area contributed by atoms with Gasteiger partial charge in [-0.3, -0.25) is 14.5 Å². The van der Waals surface area contributed by atoms with Crippen LogP contribution in [-0.2, 0) is 23.9 Å². The quantitative estimate of drug-likeness (QED) is 0.0642. The Labute approximate surface area is 401 Å². The van der Waals surface area contributed by atoms with Crippen LogP contribution in [-0.4, -0.2) is 62.8 Å². The summed E-state index contributed by atoms with van der Waals surface area (Å²) in [5, 5.41) is 18.2. The molecule has 65 heavy (non-hydrogen) atoms. The van der Waals surface area contributed by atoms with Crippen LogP contribution in [0.4, 0.5) is 4.79 Å². The highest BCUT2D eigenvalue weighted by Gasteiger charge is 2.57. The van der Waals surface area contributed by atoms with E-state index in [9.17, 15) is 19.5 Å². The monoisotopic (exact) mass is 1020 g/mol. The Kier molecular flexibility index (Phi) is 14.8. The Morgan fingerprint density at radius 1 is 0.708 bits per heavy atom. The molecule has 332 valence electrons. The molecule has 3 atom stereocenters. The maximum atomic E-state index is 15.2. The summed E-state index contributed by atoms with van der Waals surface area (Å²) in [7, 11) is -2.56. The van der Waals surface area contributed by atoms with E-state index in [1.54, 1.807) is 20.8 Å². The summed E-state index contributed by atoms with van der Waals surface area (Å²) in [5.74, 6) is -1.47. The molecule has 8 rings (SSSR count). The number of nitrogens with one attached hydrogen (secondary N) is 2. The standard InChI is InChI=1S/C52H48N3O7PS.HI/c1-52(2,3)62-51(60)54-43(35-29-31-39(56)32-30-35)47(57)53-44-48(58)55-45(50(59)61-46(36-19-9-4-10-20-36)37-21-11-5-12-22-37)38(34-64-49(44)55)33-63(40-23-13-6-14-24-40,41-25-15-7-16-26-41)42-27-17-8-18-28-42;/h4-32,43-44,46,49H,33-34H2,1-3H3,(H2-,53,54,56,57,60);1H/t43?,44?,49-;/m0./s1. The van der Waals surface area contributed by atoms with Gasteiger partial charge in [-0.1, -0.05) is 127 Å². The number of nitrogens with zero attached hydrogens (tertiary/aromatic N) is 1. The molecule has 1 fully saturated rings. The zero-order valence-electron chi connectivity index (χ0n) is 36.0. The first-order valence-corrected chi connectivity index (χ1v) is 24.1. The van der Waals surface area contributed by atoms with Crippen molar-refractivity contribution in [3.05, 3.63) is 204 Å². The number of carbonyl (C=O) groups is 4. The molecule has 6 aromatic carbocycles. The molecule has 0 aromatic heterocycles. The molecule has 6 aromatic rings. The molecular weight excluding hydrogens is 969 g/mol. The predicted molar refractivity (Wildman–Crippen MR) is 253 cm³/mol. The zero-order chi connectivity index (χ0) is 44.8. The van der Waals surface area contributed by atoms with Crippen LogP contribution in [0.1, 0.15) is 49.6 Å². The lowest BCUT2D eigenvalue weighted by atomic mass is 10.00. The molecule has 0 bridgehead atoms. The number of alkyl carbamates (subject to hydrolysis) is 1. The number of thioether (sulfide) groups is 1. The minimum Gasteiger partial charge on any atom is -1.00 e. The van der Waals surface area contributed by atoms with Gasteiger partial charge in [-0.05, 0) is 86.0 Å². The molecule has 0 saturated carbocycles. The van der Waals surface area contributed by atoms with Gasteiger partial charge in [0.05, 0.1) is 6.16 Å². The fraction of sp³-hybridized carbons (Fsp3) is 0.192. The van der Waals surface area contributed by atoms with E-state index in [1.165, 1.54) is 40.9 Å². The number of fused-ring (bicyclic) bond motifs is 1. The molecule has 0 spiro atoms. The van der Waals surface area contributed by atoms with Gasteiger partial charge < -0.3 is 49.2 Å². The maximum Gasteiger partial charge on any atom is 0.408 e. The van der Waals surface area contributed by atoms with Gasteiger partial charge in [-0.15, -0.1) is 11.8 Å². The van der Waals surface area contributed by atoms with E-state index < -0.39 is 60.3 Å². The van der Waals surface area contributed by atoms with Crippen LogP contribution in [0.15, 0.2) is 187 Å². The summed E-state index contributed by atoms with van der Waals surface area (Å²) in [5.41, 5.74) is 1.96. The molecule has 2 unspecified atom stereocenters. The van der Waals surface area contributed by atoms with E-state index in [4.69, 9.17) is 9.47 Å². The normalized spacial score (nSPS) is 16.3. The Bertz CT molecular complexity index is 2500. The third kappa shape index (κ3) is 10.3. The van der Waals surface area contributed by atoms with Crippen molar-refractivity contribution in [1.29, 1.82) is 0 Å². The molecule has 10 nitrogen and oxygen atoms in total. The molecule has 2 aliphatic heterocycles. The molecule has 3 N–H and O–H groups in total. The van der Waals surface area contributed by atoms with E-state index >= 15 is 4.79 Å². The summed E-state index contributed by atoms with van der Waals surface area (Å²) >= 11 is 1.46. The van der Waals surface area contributed by atoms with Gasteiger partial charge in [-0.2, -0.15) is 0 Å². The summed E-state index contributed by atoms with van der Waals surface area (Å²) < 4.78 is 12.1. The Hall–Kier alpha value is -5.95. The third-order valence-electron chi connectivity index (χ3n) is 11.1. The lowest BCUT2D eigenvalue weighted by Crippen LogP contribution is -3.00. The van der Waals surface area contributed by atoms with Crippen molar-refractivity contribution in [2.75, 3.05) is 11.9 Å². The second kappa shape index (κ2) is 20.5. The molecule has 0 radical (unpaired) electrons. The van der Waals surface area contributed by atoms with E-state index in [0.29, 0.717) is 17.5 Å². The van der Waals surface area contributed by atoms with Gasteiger partial charge in [0, 0.05) is 11.3 Å². The maximum absolute atomic E-state index is 15.2. The third-order valence-corrected chi connectivity index (χ3v) is 16.9. The number of hydrogen-bond acceptors (Lipinski definition) is 8. The number of phenols is 1. The fourth-order valence-electron chi connectivity index (χ4n) is 8.22. The summed E-state index contributed by atoms with van der Waals surface area (Å²) in [6.45, 7) is 5.13. The average Bonchev–Trinajstić information content (AvgIpc) is 3.31. The van der Waals surface area contributed by atoms with Crippen molar-refractivity contribution in [3.8, 4) is 5.75 Å². The first kappa shape index (κ1) is 47.0. The number of halogens is 1. The van der Waals surface area contributed by atoms with Gasteiger partial charge >= 0.3 is 12.1 Å². The van der Waals surface area contributed by atoms with E-state index in [0.717, 1.165) is 32.6 Å². The summed E-state index contributed by atoms with van der Waals surface area (Å²) in [4.78, 5) is 58.7. The van der Waals surface area contributed by atoms with Crippen molar-refractivity contribution in [3.63, 3.8) is 0 Å². The second-order valence-corrected chi connectivity index (χ2v) is 21.2. The lowest BCUT2D eigenvalue weighted by molar-refractivity contribution is -0.154. The highest BCUT2D eigenvalue weighted by molar-refractivity contribution is 8.00. The van der Waals surface area contributed by atoms with E-state index in [2.05, 4.69) is 47.0 Å². The van der Waals surface area contributed by atoms with Crippen molar-refractivity contribution in [2.24, 2.45) is 0 Å². The van der Waals surface area contributed by atoms with Crippen molar-refractivity contribution >= 4 is 58.8 Å². The number of esters is 1. The number of ether oxygens (including phenoxy) is 2. The summed E-state index contributed by atoms with van der Waals surface area (Å²) in [6.07, 6.45) is -1.19. The number of aromatic hydroxyl groups is 1. The number of β-lactam (4-membered cyclic amide) rings is 1. The predicted octanol–water partition coefficient (Wildman–Crippen LogP) is 4.94. The molecule has 13 heteroatoms. The van der Waals surface area contributed by atoms with Crippen molar-refractivity contribution in [2.45, 2.75) is 49.9 Å². The number of rotatable bonds is 13. The molecule has 3 amide bonds. The number of carbonyl (C=O) groups excluding carboxylic acids is 4. The smallest absolute Gasteiger partial charge is 0.408 e. The van der Waals surface area contributed by atoms with Crippen LogP contribution < -0.4 is 50.5 Å². The van der Waals surface area contributed by atoms with Crippen LogP contribution in [0.2, 0.25) is 0 Å². The first-order chi connectivity index (χ1) is 30.9. The Morgan fingerprint density at radius 3 is 1.63 bits per heavy atom. The topological polar surface area (TPSA) is 134 Å². The molecule has 1 saturated heterocycles. The highest BCUT2D eigenvalue weighted by atomic mass is 127. The van der Waals surface area contributed by atoms with Crippen LogP contribution in [0.25, 0.3) is 0 Å². The largest absolute Gasteiger partial charge is 1.00 e. The van der Waals surface area contributed by atoms with Crippen LogP contribution in [0, 0.1) is 0 Å². The van der Waals surface area contributed by atoms with Crippen LogP contribution in [0.3, 0.4) is 0 Å². The number of hydrogen-bond donors (Lipinski definition) is 3. The molecule has 2 aliphatic rings. The zero-order valence-corrected chi connectivity index (χ0v) is 39.9. The van der Waals surface area contributed by atoms with Crippen LogP contribution in [0.5, 0.6) is 5.75 Å². The first-order valence-electron chi connectivity index (χ1n) is 21.0. The van der Waals surface area contributed by atoms with Gasteiger partial charge in [0.25, 0.3) is 5.91 Å². The lowest BCUT2D eigenvalue weighted by Gasteiger charge is -2.50. The minimum atomic E-state index is -2.56. The van der Waals surface area contributed by atoms with Crippen LogP contribution >= 0.6 is 19.0 Å². The van der Waals surface area contributed by atoms with Gasteiger partial charge in [-0.25, -0.2) is 9.59 Å². The Morgan fingerprint density at radius 2 is 1.17 bits per heavy atom. The SMILES string of the molecule is CC(C)(C)OC(=O)NC(C(=O)NC1C(=O)N2C(C(=O)OC(c3ccccc3)c3ccccc3)=C(C[P+](c3ccccc3)(c3ccccc3)c3ccccc3)CS[C@@H]12)c1ccc(O)cc1.[I-]. The van der Waals surface area contributed by atoms with Gasteiger partial charge in [0.1, 0.15) is 57.7 Å². The molecule has 2 heterocycles. The van der Waals surface area contributed by atoms with Gasteiger partial charge in [0.2, 0.25) is 5.91 Å². The Balaban J connectivity index is 0.00000630. The average molecular weight is 1020 g/mol. The highest BCUT2D eigenvalue weighted by Crippen LogP contribution is 2.58. The van der Waals surface area contributed by atoms with E-state index in [1.807, 2.05) is 115 Å². The number of phenolic OH excluding ortho intramolecular Hbond substituents is 1. The number of benzene rings is 6. The van der Waals surface area contributed by atoms with Crippen molar-refractivity contribution < 1.29 is 57.7 Å². The molecule has 0 aliphatic carbocycles. The second-order valence-electron chi connectivity index (χ2n) is 16.6. The van der Waals surface area contributed by atoms with Crippen molar-refractivity contribution in [1.82, 2.24) is 15.5 Å². The van der Waals surface area contributed by atoms with Gasteiger partial charge in [0.15, 0.2) is 6.10 Å².